The van der Waals surface area contributed by atoms with E-state index in [0.717, 1.165) is 11.1 Å². The molecule has 152 valence electrons. The average Bonchev–Trinajstić information content (AvgIpc) is 2.99. The maximum Gasteiger partial charge on any atom is 0.280 e. The van der Waals surface area contributed by atoms with Crippen LogP contribution in [0.2, 0.25) is 0 Å². The highest BCUT2D eigenvalue weighted by atomic mass is 19.3. The normalized spacial score (nSPS) is 18.8. The zero-order chi connectivity index (χ0) is 21.5. The van der Waals surface area contributed by atoms with E-state index in [-0.39, 0.29) is 11.5 Å². The summed E-state index contributed by atoms with van der Waals surface area (Å²) in [5.41, 5.74) is 6.18. The van der Waals surface area contributed by atoms with Crippen molar-refractivity contribution in [3.05, 3.63) is 77.6 Å². The van der Waals surface area contributed by atoms with Crippen LogP contribution in [0.4, 0.5) is 8.78 Å². The third-order valence-corrected chi connectivity index (χ3v) is 5.06. The lowest BCUT2D eigenvalue weighted by Gasteiger charge is -2.26. The molecular formula is C21H18F2N6O. The molecular weight excluding hydrogens is 390 g/mol. The summed E-state index contributed by atoms with van der Waals surface area (Å²) in [7, 11) is 1.50. The van der Waals surface area contributed by atoms with E-state index in [9.17, 15) is 13.6 Å². The van der Waals surface area contributed by atoms with Gasteiger partial charge >= 0.3 is 0 Å². The van der Waals surface area contributed by atoms with Gasteiger partial charge in [0.25, 0.3) is 12.3 Å². The molecule has 0 bridgehead atoms. The summed E-state index contributed by atoms with van der Waals surface area (Å²) in [6.45, 7) is 1.78. The second-order valence-corrected chi connectivity index (χ2v) is 6.91. The number of guanidine groups is 1. The average molecular weight is 408 g/mol. The van der Waals surface area contributed by atoms with E-state index in [2.05, 4.69) is 19.9 Å². The van der Waals surface area contributed by atoms with Gasteiger partial charge in [-0.2, -0.15) is 0 Å². The SMILES string of the molecule is Cc1ncc(-c2cccc(C3(c4ccnc(C(F)F)c4)N=C(N)N(C)C3=O)c2)cn1. The van der Waals surface area contributed by atoms with Gasteiger partial charge in [-0.3, -0.25) is 14.7 Å². The number of aryl methyl sites for hydroxylation is 1. The monoisotopic (exact) mass is 408 g/mol. The van der Waals surface area contributed by atoms with Gasteiger partial charge in [0, 0.05) is 31.2 Å². The van der Waals surface area contributed by atoms with Crippen molar-refractivity contribution in [2.24, 2.45) is 10.7 Å². The summed E-state index contributed by atoms with van der Waals surface area (Å²) < 4.78 is 26.6. The van der Waals surface area contributed by atoms with Crippen molar-refractivity contribution >= 4 is 11.9 Å². The third kappa shape index (κ3) is 3.08. The van der Waals surface area contributed by atoms with Crippen molar-refractivity contribution in [1.29, 1.82) is 0 Å². The molecule has 3 heterocycles. The van der Waals surface area contributed by atoms with Crippen LogP contribution in [-0.4, -0.2) is 38.8 Å². The Morgan fingerprint density at radius 2 is 1.73 bits per heavy atom. The molecule has 30 heavy (non-hydrogen) atoms. The fourth-order valence-corrected chi connectivity index (χ4v) is 3.44. The molecule has 0 saturated carbocycles. The molecule has 3 aromatic rings. The fraction of sp³-hybridized carbons (Fsp3) is 0.190. The van der Waals surface area contributed by atoms with E-state index in [0.29, 0.717) is 11.4 Å². The first kappa shape index (κ1) is 19.6. The first-order valence-electron chi connectivity index (χ1n) is 9.10. The fourth-order valence-electron chi connectivity index (χ4n) is 3.44. The number of benzene rings is 1. The first-order valence-corrected chi connectivity index (χ1v) is 9.10. The number of pyridine rings is 1. The van der Waals surface area contributed by atoms with Gasteiger partial charge in [-0.15, -0.1) is 0 Å². The standard InChI is InChI=1S/C21H18F2N6O/c1-12-26-10-14(11-27-12)13-4-3-5-15(8-13)21(19(30)29(2)20(24)28-21)16-6-7-25-17(9-16)18(22)23/h3-11,18H,1-2H3,(H2,24,28). The molecule has 2 N–H and O–H groups in total. The van der Waals surface area contributed by atoms with Crippen LogP contribution in [0.3, 0.4) is 0 Å². The minimum atomic E-state index is -2.78. The van der Waals surface area contributed by atoms with Gasteiger partial charge in [-0.1, -0.05) is 18.2 Å². The second kappa shape index (κ2) is 7.25. The van der Waals surface area contributed by atoms with Crippen molar-refractivity contribution in [2.45, 2.75) is 18.9 Å². The molecule has 9 heteroatoms. The van der Waals surface area contributed by atoms with Crippen LogP contribution in [0.25, 0.3) is 11.1 Å². The molecule has 0 spiro atoms. The van der Waals surface area contributed by atoms with Crippen LogP contribution < -0.4 is 5.73 Å². The Balaban J connectivity index is 1.93. The Kier molecular flexibility index (Phi) is 4.73. The number of amides is 1. The van der Waals surface area contributed by atoms with E-state index in [4.69, 9.17) is 5.73 Å². The number of nitrogens with zero attached hydrogens (tertiary/aromatic N) is 5. The minimum absolute atomic E-state index is 0.000480. The quantitative estimate of drug-likeness (QED) is 0.716. The molecule has 0 aliphatic carbocycles. The van der Waals surface area contributed by atoms with Crippen LogP contribution >= 0.6 is 0 Å². The molecule has 0 saturated heterocycles. The lowest BCUT2D eigenvalue weighted by atomic mass is 9.82. The second-order valence-electron chi connectivity index (χ2n) is 6.91. The summed E-state index contributed by atoms with van der Waals surface area (Å²) in [5, 5.41) is 0. The van der Waals surface area contributed by atoms with Gasteiger partial charge in [0.15, 0.2) is 11.5 Å². The molecule has 1 atom stereocenters. The molecule has 1 aliphatic rings. The minimum Gasteiger partial charge on any atom is -0.369 e. The molecule has 1 aliphatic heterocycles. The number of likely N-dealkylation sites (N-methyl/N-ethyl adjacent to an activating group) is 1. The maximum absolute atomic E-state index is 13.3. The topological polar surface area (TPSA) is 97.4 Å². The zero-order valence-electron chi connectivity index (χ0n) is 16.3. The number of aliphatic imine (C=N–C) groups is 1. The number of alkyl halides is 2. The van der Waals surface area contributed by atoms with Gasteiger partial charge in [-0.05, 0) is 41.8 Å². The number of rotatable bonds is 4. The smallest absolute Gasteiger partial charge is 0.280 e. The maximum atomic E-state index is 13.3. The van der Waals surface area contributed by atoms with E-state index in [1.807, 2.05) is 6.07 Å². The molecule has 0 fully saturated rings. The number of carbonyl (C=O) groups excluding carboxylic acids is 1. The van der Waals surface area contributed by atoms with Crippen molar-refractivity contribution in [3.63, 3.8) is 0 Å². The Labute approximate surface area is 171 Å². The number of hydrogen-bond acceptors (Lipinski definition) is 6. The first-order chi connectivity index (χ1) is 14.3. The highest BCUT2D eigenvalue weighted by Gasteiger charge is 2.49. The van der Waals surface area contributed by atoms with Crippen molar-refractivity contribution in [3.8, 4) is 11.1 Å². The summed E-state index contributed by atoms with van der Waals surface area (Å²) in [6.07, 6.45) is 1.81. The summed E-state index contributed by atoms with van der Waals surface area (Å²) >= 11 is 0. The molecule has 0 radical (unpaired) electrons. The number of halogens is 2. The van der Waals surface area contributed by atoms with Crippen LogP contribution in [0.1, 0.15) is 29.1 Å². The molecule has 2 aromatic heterocycles. The van der Waals surface area contributed by atoms with Crippen molar-refractivity contribution in [1.82, 2.24) is 19.9 Å². The number of hydrogen-bond donors (Lipinski definition) is 1. The summed E-state index contributed by atoms with van der Waals surface area (Å²) in [4.78, 5) is 31.1. The molecule has 1 aromatic carbocycles. The Morgan fingerprint density at radius 3 is 2.37 bits per heavy atom. The largest absolute Gasteiger partial charge is 0.369 e. The van der Waals surface area contributed by atoms with Crippen LogP contribution in [0.15, 0.2) is 60.0 Å². The number of carbonyl (C=O) groups is 1. The predicted octanol–water partition coefficient (Wildman–Crippen LogP) is 2.81. The molecule has 4 rings (SSSR count). The lowest BCUT2D eigenvalue weighted by Crippen LogP contribution is -2.41. The van der Waals surface area contributed by atoms with E-state index >= 15 is 0 Å². The number of nitrogens with two attached hydrogens (primary N) is 1. The van der Waals surface area contributed by atoms with E-state index in [1.165, 1.54) is 30.3 Å². The molecule has 1 amide bonds. The van der Waals surface area contributed by atoms with Crippen LogP contribution in [-0.2, 0) is 10.3 Å². The Bertz CT molecular complexity index is 1150. The van der Waals surface area contributed by atoms with Gasteiger partial charge in [-0.25, -0.2) is 23.7 Å². The lowest BCUT2D eigenvalue weighted by molar-refractivity contribution is -0.129. The van der Waals surface area contributed by atoms with Gasteiger partial charge in [0.1, 0.15) is 11.5 Å². The van der Waals surface area contributed by atoms with E-state index in [1.54, 1.807) is 37.5 Å². The molecule has 7 nitrogen and oxygen atoms in total. The predicted molar refractivity (Wildman–Crippen MR) is 107 cm³/mol. The van der Waals surface area contributed by atoms with Gasteiger partial charge < -0.3 is 5.73 Å². The van der Waals surface area contributed by atoms with Crippen molar-refractivity contribution < 1.29 is 13.6 Å². The highest BCUT2D eigenvalue weighted by Crippen LogP contribution is 2.41. The third-order valence-electron chi connectivity index (χ3n) is 5.06. The summed E-state index contributed by atoms with van der Waals surface area (Å²) in [5.74, 6) is 0.191. The van der Waals surface area contributed by atoms with Gasteiger partial charge in [0.05, 0.1) is 0 Å². The van der Waals surface area contributed by atoms with E-state index < -0.39 is 23.6 Å². The molecule has 1 unspecified atom stereocenters. The Morgan fingerprint density at radius 1 is 1.03 bits per heavy atom. The van der Waals surface area contributed by atoms with Crippen LogP contribution in [0, 0.1) is 6.92 Å². The highest BCUT2D eigenvalue weighted by molar-refractivity contribution is 6.09. The Hall–Kier alpha value is -3.75. The summed E-state index contributed by atoms with van der Waals surface area (Å²) in [6, 6.07) is 9.79. The van der Waals surface area contributed by atoms with Gasteiger partial charge in [0.2, 0.25) is 0 Å². The zero-order valence-corrected chi connectivity index (χ0v) is 16.3. The van der Waals surface area contributed by atoms with Crippen LogP contribution in [0.5, 0.6) is 0 Å². The number of aromatic nitrogens is 3. The van der Waals surface area contributed by atoms with Crippen molar-refractivity contribution in [2.75, 3.05) is 7.05 Å².